The van der Waals surface area contributed by atoms with Crippen LogP contribution in [-0.2, 0) is 4.79 Å². The molecule has 1 aliphatic heterocycles. The number of carbonyl (C=O) groups excluding carboxylic acids is 1. The Bertz CT molecular complexity index is 852. The number of carbonyl (C=O) groups is 1. The van der Waals surface area contributed by atoms with E-state index in [1.165, 1.54) is 21.0 Å². The van der Waals surface area contributed by atoms with E-state index in [0.29, 0.717) is 30.2 Å². The van der Waals surface area contributed by atoms with Gasteiger partial charge in [0.25, 0.3) is 0 Å². The number of aryl methyl sites for hydroxylation is 1. The summed E-state index contributed by atoms with van der Waals surface area (Å²) >= 11 is 1.89. The Hall–Kier alpha value is -2.07. The third-order valence-electron chi connectivity index (χ3n) is 5.31. The third-order valence-corrected chi connectivity index (χ3v) is 6.39. The van der Waals surface area contributed by atoms with Crippen LogP contribution in [0.15, 0.2) is 42.5 Å². The molecule has 26 heavy (non-hydrogen) atoms. The van der Waals surface area contributed by atoms with E-state index in [1.807, 2.05) is 17.4 Å². The molecule has 1 aromatic heterocycles. The highest BCUT2D eigenvalue weighted by Crippen LogP contribution is 2.51. The number of hydrogen-bond acceptors (Lipinski definition) is 3. The van der Waals surface area contributed by atoms with E-state index in [-0.39, 0.29) is 5.91 Å². The third kappa shape index (κ3) is 3.30. The summed E-state index contributed by atoms with van der Waals surface area (Å²) in [5, 5.41) is 6.83. The Kier molecular flexibility index (Phi) is 4.62. The second-order valence-electron chi connectivity index (χ2n) is 7.87. The zero-order valence-electron chi connectivity index (χ0n) is 15.6. The van der Waals surface area contributed by atoms with Gasteiger partial charge in [-0.05, 0) is 61.1 Å². The lowest BCUT2D eigenvalue weighted by atomic mass is 9.78. The second kappa shape index (κ2) is 6.92. The molecule has 0 bridgehead atoms. The smallest absolute Gasteiger partial charge is 0.224 e. The van der Waals surface area contributed by atoms with Crippen molar-refractivity contribution < 1.29 is 4.79 Å². The summed E-state index contributed by atoms with van der Waals surface area (Å²) in [6.45, 7) is 6.30. The molecule has 1 aromatic carbocycles. The lowest BCUT2D eigenvalue weighted by Gasteiger charge is -2.37. The van der Waals surface area contributed by atoms with Crippen molar-refractivity contribution in [2.75, 3.05) is 10.6 Å². The second-order valence-corrected chi connectivity index (χ2v) is 9.19. The van der Waals surface area contributed by atoms with Gasteiger partial charge in [0.2, 0.25) is 5.91 Å². The van der Waals surface area contributed by atoms with Crippen LogP contribution in [0, 0.1) is 18.8 Å². The molecule has 0 saturated heterocycles. The van der Waals surface area contributed by atoms with Crippen LogP contribution in [0.2, 0.25) is 0 Å². The molecule has 4 heteroatoms. The van der Waals surface area contributed by atoms with E-state index in [9.17, 15) is 4.79 Å². The lowest BCUT2D eigenvalue weighted by Crippen LogP contribution is -2.28. The summed E-state index contributed by atoms with van der Waals surface area (Å²) in [7, 11) is 0. The minimum atomic E-state index is 0.0918. The van der Waals surface area contributed by atoms with Crippen LogP contribution in [-0.4, -0.2) is 5.91 Å². The SMILES string of the molecule is Cc1ccc(C2Nc3ccc(NC(=O)CC(C)C)cc3C3C=CCC32)s1. The number of hydrogen-bond donors (Lipinski definition) is 2. The first-order chi connectivity index (χ1) is 12.5. The number of rotatable bonds is 4. The van der Waals surface area contributed by atoms with Crippen LogP contribution in [0.25, 0.3) is 0 Å². The quantitative estimate of drug-likeness (QED) is 0.665. The van der Waals surface area contributed by atoms with Gasteiger partial charge in [0.15, 0.2) is 0 Å². The molecule has 2 aromatic rings. The number of amides is 1. The van der Waals surface area contributed by atoms with Gasteiger partial charge in [0.1, 0.15) is 0 Å². The lowest BCUT2D eigenvalue weighted by molar-refractivity contribution is -0.116. The zero-order valence-corrected chi connectivity index (χ0v) is 16.4. The molecule has 136 valence electrons. The number of nitrogens with one attached hydrogen (secondary N) is 2. The fourth-order valence-electron chi connectivity index (χ4n) is 4.16. The highest BCUT2D eigenvalue weighted by molar-refractivity contribution is 7.12. The van der Waals surface area contributed by atoms with E-state index in [1.54, 1.807) is 0 Å². The van der Waals surface area contributed by atoms with Crippen molar-refractivity contribution in [2.24, 2.45) is 11.8 Å². The average molecular weight is 367 g/mol. The molecule has 1 aliphatic carbocycles. The van der Waals surface area contributed by atoms with Gasteiger partial charge in [-0.3, -0.25) is 4.79 Å². The number of thiophene rings is 1. The van der Waals surface area contributed by atoms with Crippen molar-refractivity contribution in [3.05, 3.63) is 57.8 Å². The van der Waals surface area contributed by atoms with Gasteiger partial charge in [-0.2, -0.15) is 0 Å². The standard InChI is InChI=1S/C22H26N2OS/c1-13(2)11-21(25)23-15-8-9-19-18(12-15)16-5-4-6-17(16)22(24-19)20-10-7-14(3)26-20/h4-5,7-10,12-13,16-17,22,24H,6,11H2,1-3H3,(H,23,25). The molecule has 0 radical (unpaired) electrons. The number of benzene rings is 1. The maximum absolute atomic E-state index is 12.1. The molecule has 4 rings (SSSR count). The molecule has 2 N–H and O–H groups in total. The predicted octanol–water partition coefficient (Wildman–Crippen LogP) is 5.87. The van der Waals surface area contributed by atoms with E-state index < -0.39 is 0 Å². The summed E-state index contributed by atoms with van der Waals surface area (Å²) in [6.07, 6.45) is 6.31. The Morgan fingerprint density at radius 3 is 2.88 bits per heavy atom. The van der Waals surface area contributed by atoms with Gasteiger partial charge < -0.3 is 10.6 Å². The minimum absolute atomic E-state index is 0.0918. The zero-order chi connectivity index (χ0) is 18.3. The van der Waals surface area contributed by atoms with Crippen LogP contribution in [0.3, 0.4) is 0 Å². The summed E-state index contributed by atoms with van der Waals surface area (Å²) in [5.74, 6) is 1.42. The van der Waals surface area contributed by atoms with Crippen molar-refractivity contribution in [3.8, 4) is 0 Å². The van der Waals surface area contributed by atoms with Crippen LogP contribution < -0.4 is 10.6 Å². The molecular weight excluding hydrogens is 340 g/mol. The summed E-state index contributed by atoms with van der Waals surface area (Å²) in [5.41, 5.74) is 3.40. The van der Waals surface area contributed by atoms with E-state index in [2.05, 4.69) is 67.8 Å². The Morgan fingerprint density at radius 2 is 2.15 bits per heavy atom. The normalized spacial score (nSPS) is 23.5. The van der Waals surface area contributed by atoms with Gasteiger partial charge in [-0.15, -0.1) is 11.3 Å². The van der Waals surface area contributed by atoms with Crippen molar-refractivity contribution >= 4 is 28.6 Å². The van der Waals surface area contributed by atoms with Gasteiger partial charge >= 0.3 is 0 Å². The summed E-state index contributed by atoms with van der Waals surface area (Å²) < 4.78 is 0. The molecule has 0 fully saturated rings. The van der Waals surface area contributed by atoms with E-state index in [0.717, 1.165) is 12.1 Å². The van der Waals surface area contributed by atoms with Crippen molar-refractivity contribution in [2.45, 2.75) is 45.6 Å². The molecule has 3 atom stereocenters. The first-order valence-corrected chi connectivity index (χ1v) is 10.3. The molecule has 2 aliphatic rings. The molecule has 3 unspecified atom stereocenters. The molecule has 3 nitrogen and oxygen atoms in total. The highest BCUT2D eigenvalue weighted by atomic mass is 32.1. The van der Waals surface area contributed by atoms with Crippen molar-refractivity contribution in [1.82, 2.24) is 0 Å². The maximum Gasteiger partial charge on any atom is 0.224 e. The highest BCUT2D eigenvalue weighted by Gasteiger charge is 2.38. The monoisotopic (exact) mass is 366 g/mol. The van der Waals surface area contributed by atoms with Crippen LogP contribution in [0.1, 0.15) is 54.0 Å². The van der Waals surface area contributed by atoms with E-state index >= 15 is 0 Å². The summed E-state index contributed by atoms with van der Waals surface area (Å²) in [6, 6.07) is 11.1. The Morgan fingerprint density at radius 1 is 1.31 bits per heavy atom. The number of anilines is 2. The molecule has 0 saturated carbocycles. The van der Waals surface area contributed by atoms with Crippen LogP contribution >= 0.6 is 11.3 Å². The summed E-state index contributed by atoms with van der Waals surface area (Å²) in [4.78, 5) is 14.9. The maximum atomic E-state index is 12.1. The molecule has 2 heterocycles. The minimum Gasteiger partial charge on any atom is -0.377 e. The first kappa shape index (κ1) is 17.3. The average Bonchev–Trinajstić information content (AvgIpc) is 3.22. The predicted molar refractivity (Wildman–Crippen MR) is 110 cm³/mol. The van der Waals surface area contributed by atoms with Gasteiger partial charge in [0.05, 0.1) is 6.04 Å². The van der Waals surface area contributed by atoms with Crippen LogP contribution in [0.4, 0.5) is 11.4 Å². The van der Waals surface area contributed by atoms with Crippen LogP contribution in [0.5, 0.6) is 0 Å². The fraction of sp³-hybridized carbons (Fsp3) is 0.409. The fourth-order valence-corrected chi connectivity index (χ4v) is 5.16. The van der Waals surface area contributed by atoms with Crippen molar-refractivity contribution in [1.29, 1.82) is 0 Å². The number of allylic oxidation sites excluding steroid dienone is 2. The molecule has 0 spiro atoms. The Balaban J connectivity index is 1.61. The Labute approximate surface area is 159 Å². The molecule has 1 amide bonds. The van der Waals surface area contributed by atoms with Gasteiger partial charge in [-0.1, -0.05) is 26.0 Å². The van der Waals surface area contributed by atoms with Gasteiger partial charge in [-0.25, -0.2) is 0 Å². The topological polar surface area (TPSA) is 41.1 Å². The molecular formula is C22H26N2OS. The first-order valence-electron chi connectivity index (χ1n) is 9.44. The largest absolute Gasteiger partial charge is 0.377 e. The van der Waals surface area contributed by atoms with Gasteiger partial charge in [0, 0.05) is 33.5 Å². The van der Waals surface area contributed by atoms with E-state index in [4.69, 9.17) is 0 Å². The number of fused-ring (bicyclic) bond motifs is 3. The van der Waals surface area contributed by atoms with Crippen molar-refractivity contribution in [3.63, 3.8) is 0 Å².